The van der Waals surface area contributed by atoms with E-state index in [4.69, 9.17) is 9.47 Å². The fourth-order valence-corrected chi connectivity index (χ4v) is 3.51. The highest BCUT2D eigenvalue weighted by Gasteiger charge is 2.28. The maximum Gasteiger partial charge on any atom is 0.263 e. The summed E-state index contributed by atoms with van der Waals surface area (Å²) in [7, 11) is 1.58. The van der Waals surface area contributed by atoms with Crippen LogP contribution in [0, 0.1) is 0 Å². The van der Waals surface area contributed by atoms with Gasteiger partial charge in [-0.05, 0) is 48.7 Å². The molecule has 1 atom stereocenters. The van der Waals surface area contributed by atoms with E-state index in [1.807, 2.05) is 30.3 Å². The molecule has 0 saturated carbocycles. The molecular weight excluding hydrogens is 380 g/mol. The minimum atomic E-state index is -0.574. The molecule has 3 rings (SSSR count). The second kappa shape index (κ2) is 9.65. The lowest BCUT2D eigenvalue weighted by Crippen LogP contribution is -2.53. The van der Waals surface area contributed by atoms with Crippen LogP contribution >= 0.6 is 0 Å². The Morgan fingerprint density at radius 1 is 0.867 bits per heavy atom. The molecule has 1 heterocycles. The van der Waals surface area contributed by atoms with Crippen LogP contribution in [-0.2, 0) is 4.79 Å². The molecule has 0 radical (unpaired) electrons. The van der Waals surface area contributed by atoms with Gasteiger partial charge in [-0.2, -0.15) is 0 Å². The van der Waals surface area contributed by atoms with Crippen molar-refractivity contribution in [3.63, 3.8) is 0 Å². The average molecular weight is 411 g/mol. The first kappa shape index (κ1) is 21.7. The quantitative estimate of drug-likeness (QED) is 0.731. The predicted molar refractivity (Wildman–Crippen MR) is 116 cm³/mol. The van der Waals surface area contributed by atoms with Gasteiger partial charge in [-0.15, -0.1) is 0 Å². The zero-order valence-electron chi connectivity index (χ0n) is 18.1. The van der Waals surface area contributed by atoms with Gasteiger partial charge in [-0.3, -0.25) is 9.59 Å². The molecule has 1 aliphatic heterocycles. The van der Waals surface area contributed by atoms with E-state index in [1.54, 1.807) is 42.0 Å². The van der Waals surface area contributed by atoms with E-state index in [1.165, 1.54) is 5.56 Å². The molecule has 0 aliphatic carbocycles. The average Bonchev–Trinajstić information content (AvgIpc) is 2.78. The van der Waals surface area contributed by atoms with E-state index in [-0.39, 0.29) is 11.8 Å². The minimum Gasteiger partial charge on any atom is -0.497 e. The van der Waals surface area contributed by atoms with Crippen molar-refractivity contribution in [2.75, 3.05) is 33.3 Å². The number of amides is 2. The zero-order chi connectivity index (χ0) is 21.7. The molecule has 1 unspecified atom stereocenters. The third-order valence-electron chi connectivity index (χ3n) is 5.40. The molecule has 6 nitrogen and oxygen atoms in total. The summed E-state index contributed by atoms with van der Waals surface area (Å²) >= 11 is 0. The van der Waals surface area contributed by atoms with Crippen LogP contribution in [0.5, 0.6) is 11.5 Å². The normalized spacial score (nSPS) is 15.1. The maximum absolute atomic E-state index is 12.8. The van der Waals surface area contributed by atoms with Crippen LogP contribution in [0.1, 0.15) is 42.6 Å². The highest BCUT2D eigenvalue weighted by Crippen LogP contribution is 2.20. The molecule has 0 N–H and O–H groups in total. The molecule has 30 heavy (non-hydrogen) atoms. The number of carbonyl (C=O) groups excluding carboxylic acids is 2. The van der Waals surface area contributed by atoms with Gasteiger partial charge in [-0.1, -0.05) is 32.0 Å². The first-order valence-electron chi connectivity index (χ1n) is 10.4. The molecule has 1 aliphatic rings. The number of hydrogen-bond donors (Lipinski definition) is 0. The van der Waals surface area contributed by atoms with Crippen molar-refractivity contribution in [3.8, 4) is 11.5 Å². The Kier molecular flexibility index (Phi) is 6.98. The van der Waals surface area contributed by atoms with E-state index >= 15 is 0 Å². The summed E-state index contributed by atoms with van der Waals surface area (Å²) in [5.74, 6) is 1.69. The van der Waals surface area contributed by atoms with Gasteiger partial charge in [0.15, 0.2) is 6.10 Å². The Morgan fingerprint density at radius 2 is 1.50 bits per heavy atom. The highest BCUT2D eigenvalue weighted by atomic mass is 16.5. The highest BCUT2D eigenvalue weighted by molar-refractivity contribution is 5.94. The Labute approximate surface area is 178 Å². The summed E-state index contributed by atoms with van der Waals surface area (Å²) in [6.07, 6.45) is -0.574. The number of carbonyl (C=O) groups is 2. The number of nitrogens with zero attached hydrogens (tertiary/aromatic N) is 2. The van der Waals surface area contributed by atoms with Crippen LogP contribution in [0.2, 0.25) is 0 Å². The lowest BCUT2D eigenvalue weighted by atomic mass is 10.0. The Balaban J connectivity index is 1.53. The van der Waals surface area contributed by atoms with Crippen LogP contribution in [0.25, 0.3) is 0 Å². The lowest BCUT2D eigenvalue weighted by molar-refractivity contribution is -0.139. The molecule has 160 valence electrons. The van der Waals surface area contributed by atoms with Gasteiger partial charge in [-0.25, -0.2) is 0 Å². The molecule has 6 heteroatoms. The van der Waals surface area contributed by atoms with Crippen LogP contribution < -0.4 is 9.47 Å². The molecule has 2 aromatic carbocycles. The number of benzene rings is 2. The lowest BCUT2D eigenvalue weighted by Gasteiger charge is -2.36. The Bertz CT molecular complexity index is 871. The second-order valence-electron chi connectivity index (χ2n) is 7.83. The minimum absolute atomic E-state index is 0.0458. The van der Waals surface area contributed by atoms with Crippen LogP contribution in [0.4, 0.5) is 0 Å². The van der Waals surface area contributed by atoms with Crippen molar-refractivity contribution in [2.45, 2.75) is 32.8 Å². The smallest absolute Gasteiger partial charge is 0.263 e. The SMILES string of the molecule is COc1cccc(C(=O)N2CCN(C(=O)C(C)Oc3ccc(C(C)C)cc3)CC2)c1. The second-order valence-corrected chi connectivity index (χ2v) is 7.83. The molecule has 0 spiro atoms. The Morgan fingerprint density at radius 3 is 2.10 bits per heavy atom. The number of methoxy groups -OCH3 is 1. The monoisotopic (exact) mass is 410 g/mol. The standard InChI is InChI=1S/C24H30N2O4/c1-17(2)19-8-10-21(11-9-19)30-18(3)23(27)25-12-14-26(15-13-25)24(28)20-6-5-7-22(16-20)29-4/h5-11,16-18H,12-15H2,1-4H3. The van der Waals surface area contributed by atoms with Gasteiger partial charge >= 0.3 is 0 Å². The number of piperazine rings is 1. The number of hydrogen-bond acceptors (Lipinski definition) is 4. The number of ether oxygens (including phenoxy) is 2. The molecule has 0 aromatic heterocycles. The van der Waals surface area contributed by atoms with Crippen LogP contribution in [0.15, 0.2) is 48.5 Å². The van der Waals surface area contributed by atoms with Gasteiger partial charge in [0, 0.05) is 31.7 Å². The Hall–Kier alpha value is -3.02. The third-order valence-corrected chi connectivity index (χ3v) is 5.40. The summed E-state index contributed by atoms with van der Waals surface area (Å²) in [6, 6.07) is 15.0. The van der Waals surface area contributed by atoms with Crippen LogP contribution in [-0.4, -0.2) is 61.0 Å². The third kappa shape index (κ3) is 5.12. The summed E-state index contributed by atoms with van der Waals surface area (Å²) in [6.45, 7) is 8.03. The van der Waals surface area contributed by atoms with E-state index < -0.39 is 6.10 Å². The molecule has 2 aromatic rings. The van der Waals surface area contributed by atoms with E-state index in [2.05, 4.69) is 13.8 Å². The molecular formula is C24H30N2O4. The van der Waals surface area contributed by atoms with Gasteiger partial charge in [0.1, 0.15) is 11.5 Å². The van der Waals surface area contributed by atoms with E-state index in [9.17, 15) is 9.59 Å². The van der Waals surface area contributed by atoms with Crippen molar-refractivity contribution in [1.82, 2.24) is 9.80 Å². The largest absolute Gasteiger partial charge is 0.497 e. The number of rotatable bonds is 6. The first-order valence-corrected chi connectivity index (χ1v) is 10.4. The van der Waals surface area contributed by atoms with Crippen LogP contribution in [0.3, 0.4) is 0 Å². The van der Waals surface area contributed by atoms with Crippen molar-refractivity contribution in [3.05, 3.63) is 59.7 Å². The topological polar surface area (TPSA) is 59.1 Å². The van der Waals surface area contributed by atoms with Crippen molar-refractivity contribution in [2.24, 2.45) is 0 Å². The van der Waals surface area contributed by atoms with Gasteiger partial charge in [0.25, 0.3) is 11.8 Å². The summed E-state index contributed by atoms with van der Waals surface area (Å²) in [5, 5.41) is 0. The fourth-order valence-electron chi connectivity index (χ4n) is 3.51. The maximum atomic E-state index is 12.8. The molecule has 2 amide bonds. The molecule has 1 fully saturated rings. The first-order chi connectivity index (χ1) is 14.4. The molecule has 1 saturated heterocycles. The predicted octanol–water partition coefficient (Wildman–Crippen LogP) is 3.57. The van der Waals surface area contributed by atoms with E-state index in [0.717, 1.165) is 0 Å². The summed E-state index contributed by atoms with van der Waals surface area (Å²) in [5.41, 5.74) is 1.83. The van der Waals surface area contributed by atoms with E-state index in [0.29, 0.717) is 49.2 Å². The van der Waals surface area contributed by atoms with Gasteiger partial charge in [0.2, 0.25) is 0 Å². The van der Waals surface area contributed by atoms with Crippen molar-refractivity contribution >= 4 is 11.8 Å². The zero-order valence-corrected chi connectivity index (χ0v) is 18.1. The fraction of sp³-hybridized carbons (Fsp3) is 0.417. The summed E-state index contributed by atoms with van der Waals surface area (Å²) in [4.78, 5) is 29.1. The molecule has 0 bridgehead atoms. The summed E-state index contributed by atoms with van der Waals surface area (Å²) < 4.78 is 11.0. The van der Waals surface area contributed by atoms with Crippen molar-refractivity contribution in [1.29, 1.82) is 0 Å². The van der Waals surface area contributed by atoms with Gasteiger partial charge < -0.3 is 19.3 Å². The van der Waals surface area contributed by atoms with Gasteiger partial charge in [0.05, 0.1) is 7.11 Å². The van der Waals surface area contributed by atoms with Crippen molar-refractivity contribution < 1.29 is 19.1 Å².